The molecule has 0 spiro atoms. The highest BCUT2D eigenvalue weighted by molar-refractivity contribution is 9.15. The molecule has 1 aromatic rings. The molecule has 1 aliphatic heterocycles. The zero-order chi connectivity index (χ0) is 17.9. The molecule has 9 heteroatoms. The lowest BCUT2D eigenvalue weighted by molar-refractivity contribution is -0.114. The Morgan fingerprint density at radius 3 is 1.43 bits per heavy atom. The van der Waals surface area contributed by atoms with Crippen LogP contribution in [0.25, 0.3) is 0 Å². The summed E-state index contributed by atoms with van der Waals surface area (Å²) in [4.78, 5) is 26.6. The summed E-state index contributed by atoms with van der Waals surface area (Å²) < 4.78 is 2.04. The van der Waals surface area contributed by atoms with Crippen molar-refractivity contribution in [1.29, 1.82) is 0 Å². The minimum absolute atomic E-state index is 0.187. The molecule has 0 unspecified atom stereocenters. The molecule has 0 radical (unpaired) electrons. The summed E-state index contributed by atoms with van der Waals surface area (Å²) >= 11 is 13.4. The van der Waals surface area contributed by atoms with E-state index >= 15 is 0 Å². The van der Waals surface area contributed by atoms with Crippen molar-refractivity contribution in [3.63, 3.8) is 0 Å². The first-order chi connectivity index (χ1) is 10.4. The third kappa shape index (κ3) is 3.08. The molecule has 0 aliphatic carbocycles. The van der Waals surface area contributed by atoms with Crippen LogP contribution in [0.2, 0.25) is 0 Å². The van der Waals surface area contributed by atoms with Gasteiger partial charge in [0.1, 0.15) is 0 Å². The molecular formula is C14H13Br4NO4. The number of benzene rings is 1. The molecule has 1 atom stereocenters. The van der Waals surface area contributed by atoms with Gasteiger partial charge in [-0.25, -0.2) is 0 Å². The smallest absolute Gasteiger partial charge is 0.263 e. The first kappa shape index (κ1) is 19.5. The third-order valence-corrected chi connectivity index (χ3v) is 8.35. The SMILES string of the molecule is CC(C)(C)[C@@H](C(O)O)N1C(=O)c2c(Br)c(Br)c(Br)c(Br)c2C1=O. The van der Waals surface area contributed by atoms with Gasteiger partial charge in [0.15, 0.2) is 6.29 Å². The molecule has 126 valence electrons. The number of halogens is 4. The van der Waals surface area contributed by atoms with Crippen molar-refractivity contribution in [2.24, 2.45) is 5.41 Å². The van der Waals surface area contributed by atoms with E-state index in [9.17, 15) is 19.8 Å². The number of carbonyl (C=O) groups is 2. The lowest BCUT2D eigenvalue weighted by Gasteiger charge is -2.37. The Kier molecular flexibility index (Phi) is 5.51. The summed E-state index contributed by atoms with van der Waals surface area (Å²) in [5.41, 5.74) is -0.340. The van der Waals surface area contributed by atoms with Gasteiger partial charge in [0.25, 0.3) is 11.8 Å². The highest BCUT2D eigenvalue weighted by atomic mass is 79.9. The molecule has 1 aromatic carbocycles. The minimum atomic E-state index is -1.85. The maximum absolute atomic E-state index is 12.8. The van der Waals surface area contributed by atoms with Gasteiger partial charge in [-0.2, -0.15) is 0 Å². The van der Waals surface area contributed by atoms with E-state index in [0.29, 0.717) is 17.9 Å². The van der Waals surface area contributed by atoms with E-state index in [1.807, 2.05) is 0 Å². The van der Waals surface area contributed by atoms with E-state index < -0.39 is 29.6 Å². The quantitative estimate of drug-likeness (QED) is 0.240. The normalized spacial score (nSPS) is 16.3. The molecule has 2 rings (SSSR count). The Morgan fingerprint density at radius 1 is 0.826 bits per heavy atom. The number of imide groups is 1. The zero-order valence-corrected chi connectivity index (χ0v) is 18.7. The lowest BCUT2D eigenvalue weighted by atomic mass is 9.85. The van der Waals surface area contributed by atoms with Crippen LogP contribution < -0.4 is 0 Å². The van der Waals surface area contributed by atoms with Gasteiger partial charge in [-0.1, -0.05) is 20.8 Å². The van der Waals surface area contributed by atoms with E-state index in [-0.39, 0.29) is 11.1 Å². The van der Waals surface area contributed by atoms with Gasteiger partial charge in [0.05, 0.1) is 17.2 Å². The van der Waals surface area contributed by atoms with Crippen molar-refractivity contribution in [3.8, 4) is 0 Å². The Hall–Kier alpha value is 0.200. The van der Waals surface area contributed by atoms with Crippen molar-refractivity contribution in [3.05, 3.63) is 29.0 Å². The number of hydrogen-bond donors (Lipinski definition) is 2. The second kappa shape index (κ2) is 6.49. The van der Waals surface area contributed by atoms with Gasteiger partial charge >= 0.3 is 0 Å². The predicted octanol–water partition coefficient (Wildman–Crippen LogP) is 4.06. The van der Waals surface area contributed by atoms with Crippen LogP contribution in [0.1, 0.15) is 41.5 Å². The zero-order valence-electron chi connectivity index (χ0n) is 12.3. The second-order valence-electron chi connectivity index (χ2n) is 6.21. The molecule has 0 fully saturated rings. The minimum Gasteiger partial charge on any atom is -0.366 e. The average molecular weight is 579 g/mol. The van der Waals surface area contributed by atoms with Crippen molar-refractivity contribution < 1.29 is 19.8 Å². The summed E-state index contributed by atoms with van der Waals surface area (Å²) in [6.07, 6.45) is -1.85. The van der Waals surface area contributed by atoms with E-state index in [1.165, 1.54) is 0 Å². The topological polar surface area (TPSA) is 77.8 Å². The summed E-state index contributed by atoms with van der Waals surface area (Å²) in [6, 6.07) is -1.08. The van der Waals surface area contributed by atoms with Gasteiger partial charge in [0, 0.05) is 17.9 Å². The van der Waals surface area contributed by atoms with Crippen LogP contribution >= 0.6 is 63.7 Å². The molecule has 0 aromatic heterocycles. The van der Waals surface area contributed by atoms with Crippen LogP contribution in [0.5, 0.6) is 0 Å². The number of aliphatic hydroxyl groups is 2. The van der Waals surface area contributed by atoms with Gasteiger partial charge in [-0.3, -0.25) is 14.5 Å². The molecule has 2 N–H and O–H groups in total. The van der Waals surface area contributed by atoms with Gasteiger partial charge in [-0.05, 0) is 69.1 Å². The van der Waals surface area contributed by atoms with Crippen LogP contribution in [0.4, 0.5) is 0 Å². The number of aliphatic hydroxyl groups excluding tert-OH is 1. The molecule has 0 saturated carbocycles. The standard InChI is InChI=1S/C14H13Br4NO4/c1-14(2,3)10(13(22)23)19-11(20)4-5(12(19)21)7(16)9(18)8(17)6(4)15/h10,13,22-23H,1-3H3/t10-/m1/s1. The summed E-state index contributed by atoms with van der Waals surface area (Å²) in [5.74, 6) is -1.14. The largest absolute Gasteiger partial charge is 0.366 e. The molecular weight excluding hydrogens is 566 g/mol. The maximum Gasteiger partial charge on any atom is 0.263 e. The number of carbonyl (C=O) groups excluding carboxylic acids is 2. The van der Waals surface area contributed by atoms with Crippen molar-refractivity contribution in [1.82, 2.24) is 4.90 Å². The van der Waals surface area contributed by atoms with E-state index in [0.717, 1.165) is 4.90 Å². The van der Waals surface area contributed by atoms with Crippen LogP contribution in [-0.4, -0.2) is 39.3 Å². The van der Waals surface area contributed by atoms with Gasteiger partial charge in [0.2, 0.25) is 0 Å². The average Bonchev–Trinajstić information content (AvgIpc) is 2.66. The fraction of sp³-hybridized carbons (Fsp3) is 0.429. The van der Waals surface area contributed by atoms with E-state index in [2.05, 4.69) is 63.7 Å². The van der Waals surface area contributed by atoms with Crippen molar-refractivity contribution in [2.45, 2.75) is 33.1 Å². The highest BCUT2D eigenvalue weighted by Gasteiger charge is 2.49. The van der Waals surface area contributed by atoms with E-state index in [4.69, 9.17) is 0 Å². The molecule has 0 saturated heterocycles. The number of rotatable bonds is 2. The Morgan fingerprint density at radius 2 is 1.17 bits per heavy atom. The number of fused-ring (bicyclic) bond motifs is 1. The number of amides is 2. The molecule has 0 bridgehead atoms. The second-order valence-corrected chi connectivity index (χ2v) is 9.38. The Balaban J connectivity index is 2.71. The van der Waals surface area contributed by atoms with E-state index in [1.54, 1.807) is 20.8 Å². The number of hydrogen-bond acceptors (Lipinski definition) is 4. The van der Waals surface area contributed by atoms with Crippen molar-refractivity contribution >= 4 is 75.5 Å². The summed E-state index contributed by atoms with van der Waals surface area (Å²) in [5, 5.41) is 19.5. The first-order valence-electron chi connectivity index (χ1n) is 6.51. The Labute approximate surface area is 166 Å². The highest BCUT2D eigenvalue weighted by Crippen LogP contribution is 2.46. The fourth-order valence-corrected chi connectivity index (χ4v) is 5.04. The van der Waals surface area contributed by atoms with Crippen molar-refractivity contribution in [2.75, 3.05) is 0 Å². The molecule has 1 aliphatic rings. The third-order valence-electron chi connectivity index (χ3n) is 3.58. The fourth-order valence-electron chi connectivity index (χ4n) is 2.59. The number of nitrogens with zero attached hydrogens (tertiary/aromatic N) is 1. The van der Waals surface area contributed by atoms with Crippen LogP contribution in [-0.2, 0) is 0 Å². The van der Waals surface area contributed by atoms with Gasteiger partial charge < -0.3 is 10.2 Å². The maximum atomic E-state index is 12.8. The van der Waals surface area contributed by atoms with Crippen LogP contribution in [0.15, 0.2) is 17.9 Å². The predicted molar refractivity (Wildman–Crippen MR) is 99.2 cm³/mol. The van der Waals surface area contributed by atoms with Gasteiger partial charge in [-0.15, -0.1) is 0 Å². The molecule has 5 nitrogen and oxygen atoms in total. The van der Waals surface area contributed by atoms with Crippen LogP contribution in [0.3, 0.4) is 0 Å². The van der Waals surface area contributed by atoms with Crippen LogP contribution in [0, 0.1) is 5.41 Å². The molecule has 2 amide bonds. The molecule has 1 heterocycles. The lowest BCUT2D eigenvalue weighted by Crippen LogP contribution is -2.53. The summed E-state index contributed by atoms with van der Waals surface area (Å²) in [7, 11) is 0. The summed E-state index contributed by atoms with van der Waals surface area (Å²) in [6.45, 7) is 5.20. The first-order valence-corrected chi connectivity index (χ1v) is 9.68. The monoisotopic (exact) mass is 575 g/mol. The Bertz CT molecular complexity index is 665. The molecule has 23 heavy (non-hydrogen) atoms.